The number of hydrogen-bond acceptors (Lipinski definition) is 7. The molecule has 10 heteroatoms. The maximum absolute atomic E-state index is 11.0. The van der Waals surface area contributed by atoms with Crippen molar-refractivity contribution in [2.24, 2.45) is 0 Å². The molecule has 5 N–H and O–H groups in total. The topological polar surface area (TPSA) is 154 Å². The number of aliphatic hydroxyl groups excluding tert-OH is 3. The molecule has 92 valence electrons. The van der Waals surface area contributed by atoms with Crippen molar-refractivity contribution in [3.63, 3.8) is 0 Å². The molecule has 9 nitrogen and oxygen atoms in total. The van der Waals surface area contributed by atoms with Gasteiger partial charge in [-0.25, -0.2) is 9.36 Å². The molecule has 0 saturated carbocycles. The number of phosphoric ester groups is 1. The number of carbonyl (C=O) groups excluding carboxylic acids is 1. The summed E-state index contributed by atoms with van der Waals surface area (Å²) in [5.41, 5.74) is 0. The molecule has 0 fully saturated rings. The van der Waals surface area contributed by atoms with Crippen LogP contribution in [-0.4, -0.2) is 49.9 Å². The Morgan fingerprint density at radius 3 is 2.50 bits per heavy atom. The first-order chi connectivity index (χ1) is 7.26. The summed E-state index contributed by atoms with van der Waals surface area (Å²) in [5.74, 6) is -3.39. The Bertz CT molecular complexity index is 368. The van der Waals surface area contributed by atoms with Crippen LogP contribution in [0.1, 0.15) is 0 Å². The van der Waals surface area contributed by atoms with Crippen LogP contribution in [0, 0.1) is 0 Å². The largest absolute Gasteiger partial charge is 0.525 e. The van der Waals surface area contributed by atoms with Crippen molar-refractivity contribution in [2.75, 3.05) is 6.61 Å². The molecule has 1 aliphatic rings. The number of cyclic esters (lactones) is 1. The molecule has 0 aromatic rings. The maximum atomic E-state index is 11.0. The van der Waals surface area contributed by atoms with Crippen molar-refractivity contribution in [1.82, 2.24) is 0 Å². The Labute approximate surface area is 88.8 Å². The molecule has 0 amide bonds. The minimum Gasteiger partial charge on any atom is -0.505 e. The van der Waals surface area contributed by atoms with Gasteiger partial charge in [-0.2, -0.15) is 0 Å². The van der Waals surface area contributed by atoms with E-state index in [-0.39, 0.29) is 0 Å². The molecule has 2 atom stereocenters. The number of ether oxygens (including phenoxy) is 1. The zero-order chi connectivity index (χ0) is 12.5. The molecule has 1 aliphatic heterocycles. The summed E-state index contributed by atoms with van der Waals surface area (Å²) >= 11 is 0. The third kappa shape index (κ3) is 2.71. The van der Waals surface area contributed by atoms with E-state index >= 15 is 0 Å². The van der Waals surface area contributed by atoms with Gasteiger partial charge in [-0.3, -0.25) is 9.79 Å². The Morgan fingerprint density at radius 2 is 2.06 bits per heavy atom. The Balaban J connectivity index is 2.94. The zero-order valence-corrected chi connectivity index (χ0v) is 8.57. The number of carbonyl (C=O) groups is 1. The van der Waals surface area contributed by atoms with Gasteiger partial charge in [0, 0.05) is 0 Å². The van der Waals surface area contributed by atoms with Crippen molar-refractivity contribution in [3.05, 3.63) is 11.5 Å². The lowest BCUT2D eigenvalue weighted by atomic mass is 10.2. The molecule has 1 rings (SSSR count). The molecule has 0 saturated heterocycles. The second-order valence-electron chi connectivity index (χ2n) is 2.87. The van der Waals surface area contributed by atoms with Gasteiger partial charge in [0.05, 0.1) is 6.61 Å². The van der Waals surface area contributed by atoms with Crippen LogP contribution in [0.2, 0.25) is 0 Å². The predicted octanol–water partition coefficient (Wildman–Crippen LogP) is -1.86. The molecule has 0 spiro atoms. The van der Waals surface area contributed by atoms with Gasteiger partial charge in [0.25, 0.3) is 5.76 Å². The first-order valence-corrected chi connectivity index (χ1v) is 5.47. The third-order valence-electron chi connectivity index (χ3n) is 1.67. The van der Waals surface area contributed by atoms with Crippen LogP contribution < -0.4 is 0 Å². The van der Waals surface area contributed by atoms with E-state index in [9.17, 15) is 14.5 Å². The molecular formula is C6H9O9P. The normalized spacial score (nSPS) is 23.2. The fourth-order valence-electron chi connectivity index (χ4n) is 1.02. The van der Waals surface area contributed by atoms with Crippen molar-refractivity contribution < 1.29 is 43.7 Å². The molecule has 1 heterocycles. The standard InChI is InChI=1S/C6H9O9P/c7-1-2(8)4-3(9)5(6(10)14-4)15-16(11,12)13/h2,4,7-9H,1H2,(H2,11,12,13)/t2-,4-/m0/s1. The van der Waals surface area contributed by atoms with Crippen molar-refractivity contribution in [1.29, 1.82) is 0 Å². The lowest BCUT2D eigenvalue weighted by Crippen LogP contribution is -2.31. The van der Waals surface area contributed by atoms with Gasteiger partial charge in [-0.05, 0) is 0 Å². The Kier molecular flexibility index (Phi) is 3.56. The summed E-state index contributed by atoms with van der Waals surface area (Å²) in [5, 5.41) is 26.9. The number of esters is 1. The fourth-order valence-corrected chi connectivity index (χ4v) is 1.42. The van der Waals surface area contributed by atoms with Gasteiger partial charge in [0.1, 0.15) is 6.10 Å². The quantitative estimate of drug-likeness (QED) is 0.288. The number of rotatable bonds is 4. The third-order valence-corrected chi connectivity index (χ3v) is 2.09. The molecule has 0 unspecified atom stereocenters. The van der Waals surface area contributed by atoms with Crippen LogP contribution in [0.3, 0.4) is 0 Å². The monoisotopic (exact) mass is 256 g/mol. The highest BCUT2D eigenvalue weighted by atomic mass is 31.2. The highest BCUT2D eigenvalue weighted by Gasteiger charge is 2.42. The first kappa shape index (κ1) is 12.9. The smallest absolute Gasteiger partial charge is 0.505 e. The Morgan fingerprint density at radius 1 is 1.50 bits per heavy atom. The second kappa shape index (κ2) is 4.40. The summed E-state index contributed by atoms with van der Waals surface area (Å²) in [6.45, 7) is -0.814. The molecular weight excluding hydrogens is 247 g/mol. The van der Waals surface area contributed by atoms with Crippen LogP contribution in [0.25, 0.3) is 0 Å². The number of aliphatic hydroxyl groups is 3. The van der Waals surface area contributed by atoms with Crippen LogP contribution in [0.4, 0.5) is 0 Å². The highest BCUT2D eigenvalue weighted by Crippen LogP contribution is 2.42. The summed E-state index contributed by atoms with van der Waals surface area (Å²) in [7, 11) is -5.02. The van der Waals surface area contributed by atoms with E-state index in [1.807, 2.05) is 0 Å². The summed E-state index contributed by atoms with van der Waals surface area (Å²) in [4.78, 5) is 27.8. The van der Waals surface area contributed by atoms with Crippen LogP contribution in [0.5, 0.6) is 0 Å². The average Bonchev–Trinajstić information content (AvgIpc) is 2.42. The van der Waals surface area contributed by atoms with E-state index in [1.54, 1.807) is 0 Å². The molecule has 0 radical (unpaired) electrons. The van der Waals surface area contributed by atoms with E-state index < -0.39 is 44.1 Å². The van der Waals surface area contributed by atoms with E-state index in [0.29, 0.717) is 0 Å². The molecule has 16 heavy (non-hydrogen) atoms. The van der Waals surface area contributed by atoms with Gasteiger partial charge in [-0.15, -0.1) is 0 Å². The predicted molar refractivity (Wildman–Crippen MR) is 45.8 cm³/mol. The lowest BCUT2D eigenvalue weighted by Gasteiger charge is -2.13. The molecule has 0 bridgehead atoms. The van der Waals surface area contributed by atoms with Crippen LogP contribution >= 0.6 is 7.82 Å². The van der Waals surface area contributed by atoms with Gasteiger partial charge in [0.2, 0.25) is 0 Å². The van der Waals surface area contributed by atoms with Crippen molar-refractivity contribution in [2.45, 2.75) is 12.2 Å². The first-order valence-electron chi connectivity index (χ1n) is 3.94. The van der Waals surface area contributed by atoms with Crippen LogP contribution in [-0.2, 0) is 18.6 Å². The van der Waals surface area contributed by atoms with Crippen molar-refractivity contribution in [3.8, 4) is 0 Å². The Hall–Kier alpha value is -1.12. The summed E-state index contributed by atoms with van der Waals surface area (Å²) < 4.78 is 18.7. The molecule has 0 aromatic heterocycles. The minimum atomic E-state index is -5.02. The lowest BCUT2D eigenvalue weighted by molar-refractivity contribution is -0.147. The number of hydrogen-bond donors (Lipinski definition) is 5. The van der Waals surface area contributed by atoms with E-state index in [2.05, 4.69) is 9.26 Å². The van der Waals surface area contributed by atoms with Gasteiger partial charge >= 0.3 is 13.8 Å². The molecule has 0 aliphatic carbocycles. The SMILES string of the molecule is O=C1O[C@@H]([C@@H](O)CO)C(O)=C1OP(=O)(O)O. The summed E-state index contributed by atoms with van der Waals surface area (Å²) in [6, 6.07) is 0. The number of phosphoric acid groups is 1. The summed E-state index contributed by atoms with van der Waals surface area (Å²) in [6.07, 6.45) is -3.21. The zero-order valence-electron chi connectivity index (χ0n) is 7.68. The maximum Gasteiger partial charge on any atom is 0.525 e. The van der Waals surface area contributed by atoms with Gasteiger partial charge < -0.3 is 24.6 Å². The van der Waals surface area contributed by atoms with E-state index in [0.717, 1.165) is 0 Å². The van der Waals surface area contributed by atoms with E-state index in [1.165, 1.54) is 0 Å². The average molecular weight is 256 g/mol. The molecule has 0 aromatic carbocycles. The van der Waals surface area contributed by atoms with Crippen molar-refractivity contribution >= 4 is 13.8 Å². The van der Waals surface area contributed by atoms with Gasteiger partial charge in [-0.1, -0.05) is 0 Å². The van der Waals surface area contributed by atoms with Crippen LogP contribution in [0.15, 0.2) is 11.5 Å². The highest BCUT2D eigenvalue weighted by molar-refractivity contribution is 7.46. The fraction of sp³-hybridized carbons (Fsp3) is 0.500. The minimum absolute atomic E-state index is 0.814. The van der Waals surface area contributed by atoms with E-state index in [4.69, 9.17) is 20.0 Å². The second-order valence-corrected chi connectivity index (χ2v) is 4.04. The van der Waals surface area contributed by atoms with Gasteiger partial charge in [0.15, 0.2) is 11.9 Å².